The molecule has 0 unspecified atom stereocenters. The molecule has 0 bridgehead atoms. The van der Waals surface area contributed by atoms with Gasteiger partial charge in [0.05, 0.1) is 11.6 Å². The third-order valence-corrected chi connectivity index (χ3v) is 3.10. The molecule has 0 atom stereocenters. The highest BCUT2D eigenvalue weighted by Gasteiger charge is 2.05. The van der Waals surface area contributed by atoms with Gasteiger partial charge in [-0.3, -0.25) is 0 Å². The van der Waals surface area contributed by atoms with Crippen LogP contribution in [0.1, 0.15) is 5.56 Å². The molecule has 2 aromatic carbocycles. The van der Waals surface area contributed by atoms with E-state index in [1.807, 2.05) is 48.5 Å². The molecule has 3 aromatic rings. The van der Waals surface area contributed by atoms with Crippen LogP contribution in [0.2, 0.25) is 0 Å². The molecule has 0 aliphatic carbocycles. The number of nitrogens with two attached hydrogens (primary N) is 1. The summed E-state index contributed by atoms with van der Waals surface area (Å²) in [6.07, 6.45) is 1.75. The Morgan fingerprint density at radius 3 is 2.68 bits per heavy atom. The van der Waals surface area contributed by atoms with Gasteiger partial charge in [0.15, 0.2) is 0 Å². The van der Waals surface area contributed by atoms with Gasteiger partial charge in [-0.25, -0.2) is 4.98 Å². The zero-order valence-corrected chi connectivity index (χ0v) is 10.2. The quantitative estimate of drug-likeness (QED) is 0.715. The average Bonchev–Trinajstić information content (AvgIpc) is 2.46. The van der Waals surface area contributed by atoms with Crippen molar-refractivity contribution in [2.24, 2.45) is 0 Å². The Morgan fingerprint density at radius 1 is 1.00 bits per heavy atom. The second kappa shape index (κ2) is 4.43. The number of hydrogen-bond donors (Lipinski definition) is 1. The summed E-state index contributed by atoms with van der Waals surface area (Å²) in [4.78, 5) is 4.10. The van der Waals surface area contributed by atoms with Crippen molar-refractivity contribution in [1.82, 2.24) is 4.98 Å². The maximum atomic E-state index is 9.15. The zero-order chi connectivity index (χ0) is 13.2. The van der Waals surface area contributed by atoms with Crippen LogP contribution in [0, 0.1) is 11.3 Å². The van der Waals surface area contributed by atoms with E-state index in [9.17, 15) is 0 Å². The van der Waals surface area contributed by atoms with E-state index in [0.29, 0.717) is 11.4 Å². The number of benzene rings is 2. The number of rotatable bonds is 1. The Bertz CT molecular complexity index is 800. The summed E-state index contributed by atoms with van der Waals surface area (Å²) in [6.45, 7) is 0. The molecule has 0 amide bonds. The van der Waals surface area contributed by atoms with Gasteiger partial charge in [-0.05, 0) is 34.7 Å². The number of aromatic nitrogens is 1. The summed E-state index contributed by atoms with van der Waals surface area (Å²) < 4.78 is 0. The first-order chi connectivity index (χ1) is 9.28. The minimum atomic E-state index is 0.512. The number of nitrogens with zero attached hydrogens (tertiary/aromatic N) is 2. The van der Waals surface area contributed by atoms with E-state index in [4.69, 9.17) is 11.0 Å². The van der Waals surface area contributed by atoms with Crippen LogP contribution < -0.4 is 5.73 Å². The van der Waals surface area contributed by atoms with Crippen molar-refractivity contribution in [2.75, 3.05) is 5.73 Å². The maximum absolute atomic E-state index is 9.15. The summed E-state index contributed by atoms with van der Waals surface area (Å²) in [5.74, 6) is 0.512. The van der Waals surface area contributed by atoms with Crippen LogP contribution >= 0.6 is 0 Å². The molecular weight excluding hydrogens is 234 g/mol. The molecule has 0 spiro atoms. The molecule has 0 aliphatic heterocycles. The molecule has 19 heavy (non-hydrogen) atoms. The lowest BCUT2D eigenvalue weighted by atomic mass is 9.98. The molecule has 0 fully saturated rings. The van der Waals surface area contributed by atoms with Crippen molar-refractivity contribution < 1.29 is 0 Å². The normalized spacial score (nSPS) is 10.3. The van der Waals surface area contributed by atoms with Gasteiger partial charge in [-0.2, -0.15) is 5.26 Å². The van der Waals surface area contributed by atoms with Crippen molar-refractivity contribution >= 4 is 16.6 Å². The highest BCUT2D eigenvalue weighted by molar-refractivity contribution is 5.88. The molecule has 90 valence electrons. The molecule has 0 radical (unpaired) electrons. The van der Waals surface area contributed by atoms with Gasteiger partial charge >= 0.3 is 0 Å². The third kappa shape index (κ3) is 2.00. The Labute approximate surface area is 110 Å². The Kier molecular flexibility index (Phi) is 2.62. The van der Waals surface area contributed by atoms with Gasteiger partial charge < -0.3 is 5.73 Å². The maximum Gasteiger partial charge on any atom is 0.123 e. The molecule has 0 saturated heterocycles. The molecular formula is C16H11N3. The van der Waals surface area contributed by atoms with Crippen molar-refractivity contribution in [3.63, 3.8) is 0 Å². The van der Waals surface area contributed by atoms with E-state index >= 15 is 0 Å². The number of pyridine rings is 1. The zero-order valence-electron chi connectivity index (χ0n) is 10.2. The summed E-state index contributed by atoms with van der Waals surface area (Å²) in [6, 6.07) is 17.6. The van der Waals surface area contributed by atoms with Gasteiger partial charge in [-0.1, -0.05) is 30.3 Å². The molecule has 1 aromatic heterocycles. The number of nitriles is 1. The van der Waals surface area contributed by atoms with Gasteiger partial charge in [0.25, 0.3) is 0 Å². The highest BCUT2D eigenvalue weighted by atomic mass is 14.8. The van der Waals surface area contributed by atoms with Crippen LogP contribution in [0.15, 0.2) is 54.7 Å². The second-order valence-corrected chi connectivity index (χ2v) is 4.33. The SMILES string of the molecule is N#Cc1ccccc1-c1ccc2cc(N)ncc2c1. The van der Waals surface area contributed by atoms with Gasteiger partial charge in [-0.15, -0.1) is 0 Å². The fourth-order valence-electron chi connectivity index (χ4n) is 2.16. The van der Waals surface area contributed by atoms with E-state index in [0.717, 1.165) is 21.9 Å². The standard InChI is InChI=1S/C16H11N3/c17-9-13-3-1-2-4-15(13)12-6-5-11-8-16(18)19-10-14(11)7-12/h1-8,10H,(H2,18,19). The van der Waals surface area contributed by atoms with Crippen LogP contribution in [-0.2, 0) is 0 Å². The predicted molar refractivity (Wildman–Crippen MR) is 76.3 cm³/mol. The summed E-state index contributed by atoms with van der Waals surface area (Å²) in [7, 11) is 0. The lowest BCUT2D eigenvalue weighted by Crippen LogP contribution is -1.89. The van der Waals surface area contributed by atoms with Crippen LogP contribution in [-0.4, -0.2) is 4.98 Å². The summed E-state index contributed by atoms with van der Waals surface area (Å²) in [5.41, 5.74) is 8.28. The van der Waals surface area contributed by atoms with Crippen molar-refractivity contribution in [2.45, 2.75) is 0 Å². The molecule has 3 nitrogen and oxygen atoms in total. The van der Waals surface area contributed by atoms with Crippen LogP contribution in [0.5, 0.6) is 0 Å². The first kappa shape index (κ1) is 11.2. The largest absolute Gasteiger partial charge is 0.384 e. The Balaban J connectivity index is 2.21. The minimum absolute atomic E-state index is 0.512. The molecule has 2 N–H and O–H groups in total. The fraction of sp³-hybridized carbons (Fsp3) is 0. The van der Waals surface area contributed by atoms with Crippen LogP contribution in [0.25, 0.3) is 21.9 Å². The van der Waals surface area contributed by atoms with Gasteiger partial charge in [0, 0.05) is 11.6 Å². The van der Waals surface area contributed by atoms with Gasteiger partial charge in [0.2, 0.25) is 0 Å². The van der Waals surface area contributed by atoms with E-state index in [2.05, 4.69) is 11.1 Å². The second-order valence-electron chi connectivity index (χ2n) is 4.33. The topological polar surface area (TPSA) is 62.7 Å². The predicted octanol–water partition coefficient (Wildman–Crippen LogP) is 3.36. The van der Waals surface area contributed by atoms with Crippen LogP contribution in [0.4, 0.5) is 5.82 Å². The molecule has 1 heterocycles. The highest BCUT2D eigenvalue weighted by Crippen LogP contribution is 2.27. The Hall–Kier alpha value is -2.86. The lowest BCUT2D eigenvalue weighted by Gasteiger charge is -2.06. The summed E-state index contributed by atoms with van der Waals surface area (Å²) in [5, 5.41) is 11.2. The average molecular weight is 245 g/mol. The molecule has 3 heteroatoms. The van der Waals surface area contributed by atoms with Crippen molar-refractivity contribution in [3.8, 4) is 17.2 Å². The van der Waals surface area contributed by atoms with Crippen LogP contribution in [0.3, 0.4) is 0 Å². The molecule has 0 aliphatic rings. The number of hydrogen-bond acceptors (Lipinski definition) is 3. The van der Waals surface area contributed by atoms with Crippen molar-refractivity contribution in [1.29, 1.82) is 5.26 Å². The smallest absolute Gasteiger partial charge is 0.123 e. The number of nitrogen functional groups attached to an aromatic ring is 1. The number of fused-ring (bicyclic) bond motifs is 1. The third-order valence-electron chi connectivity index (χ3n) is 3.10. The van der Waals surface area contributed by atoms with E-state index < -0.39 is 0 Å². The van der Waals surface area contributed by atoms with Gasteiger partial charge in [0.1, 0.15) is 5.82 Å². The Morgan fingerprint density at radius 2 is 1.84 bits per heavy atom. The van der Waals surface area contributed by atoms with Crippen molar-refractivity contribution in [3.05, 3.63) is 60.3 Å². The monoisotopic (exact) mass is 245 g/mol. The number of anilines is 1. The fourth-order valence-corrected chi connectivity index (χ4v) is 2.16. The minimum Gasteiger partial charge on any atom is -0.384 e. The van der Waals surface area contributed by atoms with E-state index in [-0.39, 0.29) is 0 Å². The molecule has 0 saturated carbocycles. The first-order valence-corrected chi connectivity index (χ1v) is 5.93. The van der Waals surface area contributed by atoms with E-state index in [1.165, 1.54) is 0 Å². The first-order valence-electron chi connectivity index (χ1n) is 5.93. The lowest BCUT2D eigenvalue weighted by molar-refractivity contribution is 1.37. The van der Waals surface area contributed by atoms with E-state index in [1.54, 1.807) is 6.20 Å². The summed E-state index contributed by atoms with van der Waals surface area (Å²) >= 11 is 0. The molecule has 3 rings (SSSR count).